The highest BCUT2D eigenvalue weighted by Crippen LogP contribution is 2.13. The van der Waals surface area contributed by atoms with Gasteiger partial charge in [0.25, 0.3) is 0 Å². The molecule has 0 saturated carbocycles. The molecule has 5 nitrogen and oxygen atoms in total. The van der Waals surface area contributed by atoms with Gasteiger partial charge < -0.3 is 15.3 Å². The summed E-state index contributed by atoms with van der Waals surface area (Å²) in [7, 11) is 0. The normalized spacial score (nSPS) is 12.7. The van der Waals surface area contributed by atoms with Crippen molar-refractivity contribution in [3.05, 3.63) is 12.7 Å². The van der Waals surface area contributed by atoms with Crippen LogP contribution in [0.1, 0.15) is 34.1 Å². The van der Waals surface area contributed by atoms with Crippen LogP contribution in [0.5, 0.6) is 0 Å². The first-order valence-corrected chi connectivity index (χ1v) is 6.13. The number of rotatable bonds is 6. The summed E-state index contributed by atoms with van der Waals surface area (Å²) >= 11 is 0. The number of nitrogens with one attached hydrogen (secondary N) is 1. The molecule has 0 rings (SSSR count). The maximum atomic E-state index is 12.0. The molecule has 0 spiro atoms. The Morgan fingerprint density at radius 2 is 2.00 bits per heavy atom. The molecule has 0 fully saturated rings. The Morgan fingerprint density at radius 3 is 2.33 bits per heavy atom. The molecule has 0 aliphatic rings. The Morgan fingerprint density at radius 1 is 1.44 bits per heavy atom. The van der Waals surface area contributed by atoms with Crippen molar-refractivity contribution in [1.82, 2.24) is 10.2 Å². The van der Waals surface area contributed by atoms with Crippen molar-refractivity contribution in [2.24, 2.45) is 5.92 Å². The van der Waals surface area contributed by atoms with Gasteiger partial charge in [-0.05, 0) is 27.2 Å². The molecule has 18 heavy (non-hydrogen) atoms. The van der Waals surface area contributed by atoms with Crippen molar-refractivity contribution in [2.45, 2.75) is 39.7 Å². The second kappa shape index (κ2) is 7.03. The SMILES string of the molecule is C=CCN(C(=O)NCC(CC)C(=O)O)C(C)(C)C. The van der Waals surface area contributed by atoms with Gasteiger partial charge in [-0.1, -0.05) is 13.0 Å². The summed E-state index contributed by atoms with van der Waals surface area (Å²) in [4.78, 5) is 24.5. The van der Waals surface area contributed by atoms with Gasteiger partial charge in [-0.15, -0.1) is 6.58 Å². The second-order valence-electron chi connectivity index (χ2n) is 5.20. The van der Waals surface area contributed by atoms with E-state index in [-0.39, 0.29) is 18.1 Å². The summed E-state index contributed by atoms with van der Waals surface area (Å²) < 4.78 is 0. The Kier molecular flexibility index (Phi) is 6.44. The number of carbonyl (C=O) groups excluding carboxylic acids is 1. The maximum Gasteiger partial charge on any atom is 0.318 e. The minimum absolute atomic E-state index is 0.147. The van der Waals surface area contributed by atoms with Gasteiger partial charge in [-0.25, -0.2) is 4.79 Å². The topological polar surface area (TPSA) is 69.6 Å². The van der Waals surface area contributed by atoms with Crippen LogP contribution in [0.2, 0.25) is 0 Å². The van der Waals surface area contributed by atoms with Crippen molar-refractivity contribution in [1.29, 1.82) is 0 Å². The van der Waals surface area contributed by atoms with Gasteiger partial charge in [0.05, 0.1) is 5.92 Å². The van der Waals surface area contributed by atoms with E-state index in [0.29, 0.717) is 13.0 Å². The van der Waals surface area contributed by atoms with Gasteiger partial charge >= 0.3 is 12.0 Å². The zero-order valence-electron chi connectivity index (χ0n) is 11.7. The van der Waals surface area contributed by atoms with Crippen molar-refractivity contribution >= 4 is 12.0 Å². The third kappa shape index (κ3) is 5.21. The lowest BCUT2D eigenvalue weighted by Crippen LogP contribution is -2.51. The molecule has 1 unspecified atom stereocenters. The molecule has 0 saturated heterocycles. The highest BCUT2D eigenvalue weighted by Gasteiger charge is 2.26. The average Bonchev–Trinajstić information content (AvgIpc) is 2.24. The number of hydrogen-bond acceptors (Lipinski definition) is 2. The Balaban J connectivity index is 4.53. The summed E-state index contributed by atoms with van der Waals surface area (Å²) in [5, 5.41) is 11.6. The summed E-state index contributed by atoms with van der Waals surface area (Å²) in [6.45, 7) is 11.7. The van der Waals surface area contributed by atoms with E-state index in [0.717, 1.165) is 0 Å². The lowest BCUT2D eigenvalue weighted by molar-refractivity contribution is -0.141. The first kappa shape index (κ1) is 16.5. The summed E-state index contributed by atoms with van der Waals surface area (Å²) in [6.07, 6.45) is 2.14. The van der Waals surface area contributed by atoms with Crippen LogP contribution in [0.4, 0.5) is 4.79 Å². The maximum absolute atomic E-state index is 12.0. The van der Waals surface area contributed by atoms with E-state index in [2.05, 4.69) is 11.9 Å². The van der Waals surface area contributed by atoms with E-state index in [4.69, 9.17) is 5.11 Å². The van der Waals surface area contributed by atoms with Crippen LogP contribution in [-0.4, -0.2) is 40.6 Å². The Bertz CT molecular complexity index is 308. The molecule has 1 atom stereocenters. The molecule has 0 aromatic carbocycles. The predicted octanol–water partition coefficient (Wildman–Crippen LogP) is 2.09. The fraction of sp³-hybridized carbons (Fsp3) is 0.692. The van der Waals surface area contributed by atoms with Gasteiger partial charge in [-0.2, -0.15) is 0 Å². The molecule has 2 amide bonds. The molecule has 2 N–H and O–H groups in total. The highest BCUT2D eigenvalue weighted by molar-refractivity contribution is 5.76. The number of carboxylic acids is 1. The van der Waals surface area contributed by atoms with E-state index in [1.807, 2.05) is 20.8 Å². The Hall–Kier alpha value is -1.52. The number of hydrogen-bond donors (Lipinski definition) is 2. The van der Waals surface area contributed by atoms with Crippen molar-refractivity contribution < 1.29 is 14.7 Å². The van der Waals surface area contributed by atoms with Crippen molar-refractivity contribution in [2.75, 3.05) is 13.1 Å². The molecule has 0 bridgehead atoms. The van der Waals surface area contributed by atoms with Gasteiger partial charge in [0, 0.05) is 18.6 Å². The third-order valence-electron chi connectivity index (χ3n) is 2.71. The standard InChI is InChI=1S/C13H24N2O3/c1-6-8-15(13(3,4)5)12(18)14-9-10(7-2)11(16)17/h6,10H,1,7-9H2,2-5H3,(H,14,18)(H,16,17). The summed E-state index contributed by atoms with van der Waals surface area (Å²) in [5.41, 5.74) is -0.330. The number of urea groups is 1. The van der Waals surface area contributed by atoms with E-state index in [1.54, 1.807) is 17.9 Å². The van der Waals surface area contributed by atoms with Crippen LogP contribution in [0.25, 0.3) is 0 Å². The lowest BCUT2D eigenvalue weighted by atomic mass is 10.1. The predicted molar refractivity (Wildman–Crippen MR) is 71.5 cm³/mol. The van der Waals surface area contributed by atoms with Crippen LogP contribution < -0.4 is 5.32 Å². The van der Waals surface area contributed by atoms with Gasteiger partial charge in [0.15, 0.2) is 0 Å². The molecule has 104 valence electrons. The van der Waals surface area contributed by atoms with E-state index in [9.17, 15) is 9.59 Å². The van der Waals surface area contributed by atoms with Crippen molar-refractivity contribution in [3.8, 4) is 0 Å². The van der Waals surface area contributed by atoms with Crippen LogP contribution in [0.15, 0.2) is 12.7 Å². The highest BCUT2D eigenvalue weighted by atomic mass is 16.4. The zero-order chi connectivity index (χ0) is 14.3. The molecule has 5 heteroatoms. The van der Waals surface area contributed by atoms with E-state index in [1.165, 1.54) is 0 Å². The second-order valence-corrected chi connectivity index (χ2v) is 5.20. The number of carbonyl (C=O) groups is 2. The van der Waals surface area contributed by atoms with Crippen LogP contribution in [-0.2, 0) is 4.79 Å². The van der Waals surface area contributed by atoms with E-state index < -0.39 is 11.9 Å². The number of amides is 2. The third-order valence-corrected chi connectivity index (χ3v) is 2.71. The average molecular weight is 256 g/mol. The van der Waals surface area contributed by atoms with Crippen LogP contribution in [0, 0.1) is 5.92 Å². The molecule has 0 heterocycles. The Labute approximate surface area is 109 Å². The molecule has 0 radical (unpaired) electrons. The number of carboxylic acid groups (broad SMARTS) is 1. The smallest absolute Gasteiger partial charge is 0.318 e. The summed E-state index contributed by atoms with van der Waals surface area (Å²) in [6, 6.07) is -0.262. The van der Waals surface area contributed by atoms with Crippen LogP contribution >= 0.6 is 0 Å². The zero-order valence-corrected chi connectivity index (χ0v) is 11.7. The van der Waals surface area contributed by atoms with Crippen molar-refractivity contribution in [3.63, 3.8) is 0 Å². The lowest BCUT2D eigenvalue weighted by Gasteiger charge is -2.35. The molecule has 0 aliphatic carbocycles. The van der Waals surface area contributed by atoms with Gasteiger partial charge in [0.1, 0.15) is 0 Å². The fourth-order valence-corrected chi connectivity index (χ4v) is 1.50. The number of nitrogens with zero attached hydrogens (tertiary/aromatic N) is 1. The van der Waals surface area contributed by atoms with Gasteiger partial charge in [0.2, 0.25) is 0 Å². The molecule has 0 aromatic rings. The monoisotopic (exact) mass is 256 g/mol. The van der Waals surface area contributed by atoms with Gasteiger partial charge in [-0.3, -0.25) is 4.79 Å². The largest absolute Gasteiger partial charge is 0.481 e. The first-order valence-electron chi connectivity index (χ1n) is 6.13. The minimum Gasteiger partial charge on any atom is -0.481 e. The minimum atomic E-state index is -0.885. The van der Waals surface area contributed by atoms with E-state index >= 15 is 0 Å². The number of aliphatic carboxylic acids is 1. The molecular weight excluding hydrogens is 232 g/mol. The molecular formula is C13H24N2O3. The quantitative estimate of drug-likeness (QED) is 0.715. The van der Waals surface area contributed by atoms with Crippen LogP contribution in [0.3, 0.4) is 0 Å². The first-order chi connectivity index (χ1) is 8.23. The molecule has 0 aromatic heterocycles. The fourth-order valence-electron chi connectivity index (χ4n) is 1.50. The summed E-state index contributed by atoms with van der Waals surface area (Å²) in [5.74, 6) is -1.43. The molecule has 0 aliphatic heterocycles.